The molecule has 1 aromatic carbocycles. The van der Waals surface area contributed by atoms with Crippen LogP contribution in [0.3, 0.4) is 0 Å². The van der Waals surface area contributed by atoms with Crippen LogP contribution in [0.4, 0.5) is 0 Å². The first-order valence-electron chi connectivity index (χ1n) is 6.52. The highest BCUT2D eigenvalue weighted by molar-refractivity contribution is 7.89. The van der Waals surface area contributed by atoms with Crippen molar-refractivity contribution in [1.29, 1.82) is 0 Å². The van der Waals surface area contributed by atoms with Crippen molar-refractivity contribution in [2.24, 2.45) is 5.73 Å². The molecule has 6 heteroatoms. The lowest BCUT2D eigenvalue weighted by Gasteiger charge is -2.26. The molecule has 0 atom stereocenters. The highest BCUT2D eigenvalue weighted by Gasteiger charge is 2.29. The van der Waals surface area contributed by atoms with Crippen molar-refractivity contribution >= 4 is 10.0 Å². The minimum absolute atomic E-state index is 0.192. The Morgan fingerprint density at radius 1 is 1.40 bits per heavy atom. The summed E-state index contributed by atoms with van der Waals surface area (Å²) in [5.41, 5.74) is 7.43. The molecule has 110 valence electrons. The van der Waals surface area contributed by atoms with Gasteiger partial charge in [-0.3, -0.25) is 0 Å². The SMILES string of the molecule is COc1ccc(CN)cc1S(=O)(=O)N1CCC=C(C)C1. The molecular weight excluding hydrogens is 276 g/mol. The lowest BCUT2D eigenvalue weighted by Crippen LogP contribution is -2.35. The molecule has 0 amide bonds. The second-order valence-electron chi connectivity index (χ2n) is 4.87. The molecule has 1 aliphatic rings. The van der Waals surface area contributed by atoms with Gasteiger partial charge in [-0.1, -0.05) is 17.7 Å². The first-order valence-corrected chi connectivity index (χ1v) is 7.96. The summed E-state index contributed by atoms with van der Waals surface area (Å²) >= 11 is 0. The van der Waals surface area contributed by atoms with E-state index in [2.05, 4.69) is 6.08 Å². The fraction of sp³-hybridized carbons (Fsp3) is 0.429. The van der Waals surface area contributed by atoms with Crippen LogP contribution in [0.5, 0.6) is 5.75 Å². The van der Waals surface area contributed by atoms with Gasteiger partial charge in [-0.15, -0.1) is 0 Å². The van der Waals surface area contributed by atoms with Gasteiger partial charge in [-0.25, -0.2) is 8.42 Å². The maximum Gasteiger partial charge on any atom is 0.247 e. The van der Waals surface area contributed by atoms with Crippen LogP contribution >= 0.6 is 0 Å². The fourth-order valence-corrected chi connectivity index (χ4v) is 3.97. The molecule has 0 radical (unpaired) electrons. The summed E-state index contributed by atoms with van der Waals surface area (Å²) in [6.07, 6.45) is 2.81. The van der Waals surface area contributed by atoms with Crippen LogP contribution in [0, 0.1) is 0 Å². The molecule has 0 aromatic heterocycles. The first-order chi connectivity index (χ1) is 9.48. The number of ether oxygens (including phenoxy) is 1. The van der Waals surface area contributed by atoms with Gasteiger partial charge >= 0.3 is 0 Å². The zero-order chi connectivity index (χ0) is 14.8. The highest BCUT2D eigenvalue weighted by Crippen LogP contribution is 2.29. The van der Waals surface area contributed by atoms with Crippen molar-refractivity contribution in [1.82, 2.24) is 4.31 Å². The molecule has 20 heavy (non-hydrogen) atoms. The Bertz CT molecular complexity index is 623. The summed E-state index contributed by atoms with van der Waals surface area (Å²) in [7, 11) is -2.09. The number of methoxy groups -OCH3 is 1. The number of rotatable bonds is 4. The average molecular weight is 296 g/mol. The zero-order valence-corrected chi connectivity index (χ0v) is 12.6. The van der Waals surface area contributed by atoms with Gasteiger partial charge < -0.3 is 10.5 Å². The van der Waals surface area contributed by atoms with Gasteiger partial charge in [0.15, 0.2) is 0 Å². The Morgan fingerprint density at radius 3 is 2.75 bits per heavy atom. The molecule has 0 spiro atoms. The van der Waals surface area contributed by atoms with Crippen molar-refractivity contribution in [3.05, 3.63) is 35.4 Å². The van der Waals surface area contributed by atoms with Crippen LogP contribution in [-0.4, -0.2) is 32.9 Å². The minimum atomic E-state index is -3.56. The third-order valence-electron chi connectivity index (χ3n) is 3.38. The number of hydrogen-bond acceptors (Lipinski definition) is 4. The third kappa shape index (κ3) is 2.87. The van der Waals surface area contributed by atoms with Crippen LogP contribution in [0.1, 0.15) is 18.9 Å². The van der Waals surface area contributed by atoms with E-state index in [1.807, 2.05) is 6.92 Å². The zero-order valence-electron chi connectivity index (χ0n) is 11.8. The van der Waals surface area contributed by atoms with Gasteiger partial charge in [0, 0.05) is 19.6 Å². The van der Waals surface area contributed by atoms with Crippen molar-refractivity contribution < 1.29 is 13.2 Å². The molecule has 2 rings (SSSR count). The number of nitrogens with two attached hydrogens (primary N) is 1. The first kappa shape index (κ1) is 15.0. The predicted octanol–water partition coefficient (Wildman–Crippen LogP) is 1.49. The predicted molar refractivity (Wildman–Crippen MR) is 78.0 cm³/mol. The topological polar surface area (TPSA) is 72.6 Å². The minimum Gasteiger partial charge on any atom is -0.495 e. The number of sulfonamides is 1. The number of hydrogen-bond donors (Lipinski definition) is 1. The maximum absolute atomic E-state index is 12.8. The van der Waals surface area contributed by atoms with Crippen LogP contribution in [0.15, 0.2) is 34.7 Å². The summed E-state index contributed by atoms with van der Waals surface area (Å²) in [5, 5.41) is 0. The lowest BCUT2D eigenvalue weighted by atomic mass is 10.2. The van der Waals surface area contributed by atoms with Gasteiger partial charge in [0.05, 0.1) is 7.11 Å². The number of benzene rings is 1. The van der Waals surface area contributed by atoms with E-state index >= 15 is 0 Å². The van der Waals surface area contributed by atoms with E-state index < -0.39 is 10.0 Å². The van der Waals surface area contributed by atoms with Crippen LogP contribution in [0.25, 0.3) is 0 Å². The summed E-state index contributed by atoms with van der Waals surface area (Å²) in [4.78, 5) is 0.192. The standard InChI is InChI=1S/C14H20N2O3S/c1-11-4-3-7-16(10-11)20(17,18)14-8-12(9-15)5-6-13(14)19-2/h4-6,8H,3,7,9-10,15H2,1-2H3. The van der Waals surface area contributed by atoms with Crippen LogP contribution in [-0.2, 0) is 16.6 Å². The van der Waals surface area contributed by atoms with E-state index in [-0.39, 0.29) is 4.90 Å². The van der Waals surface area contributed by atoms with Crippen molar-refractivity contribution in [2.75, 3.05) is 20.2 Å². The van der Waals surface area contributed by atoms with Gasteiger partial charge in [-0.2, -0.15) is 4.31 Å². The van der Waals surface area contributed by atoms with E-state index in [4.69, 9.17) is 10.5 Å². The Kier molecular flexibility index (Phi) is 4.47. The molecule has 0 unspecified atom stereocenters. The molecule has 2 N–H and O–H groups in total. The van der Waals surface area contributed by atoms with E-state index in [1.54, 1.807) is 18.2 Å². The molecule has 0 saturated carbocycles. The summed E-state index contributed by atoms with van der Waals surface area (Å²) in [5.74, 6) is 0.356. The molecule has 0 aliphatic carbocycles. The smallest absolute Gasteiger partial charge is 0.247 e. The largest absolute Gasteiger partial charge is 0.495 e. The third-order valence-corrected chi connectivity index (χ3v) is 5.24. The second kappa shape index (κ2) is 5.95. The van der Waals surface area contributed by atoms with Crippen molar-refractivity contribution in [3.8, 4) is 5.75 Å². The van der Waals surface area contributed by atoms with Crippen LogP contribution in [0.2, 0.25) is 0 Å². The van der Waals surface area contributed by atoms with Crippen LogP contribution < -0.4 is 10.5 Å². The van der Waals surface area contributed by atoms with Gasteiger partial charge in [0.2, 0.25) is 10.0 Å². The van der Waals surface area contributed by atoms with Crippen molar-refractivity contribution in [3.63, 3.8) is 0 Å². The summed E-state index contributed by atoms with van der Waals surface area (Å²) < 4.78 is 32.2. The van der Waals surface area contributed by atoms with Crippen molar-refractivity contribution in [2.45, 2.75) is 24.8 Å². The molecule has 1 aromatic rings. The lowest BCUT2D eigenvalue weighted by molar-refractivity contribution is 0.392. The Hall–Kier alpha value is -1.37. The molecule has 1 heterocycles. The van der Waals surface area contributed by atoms with E-state index in [0.717, 1.165) is 17.6 Å². The van der Waals surface area contributed by atoms with E-state index in [9.17, 15) is 8.42 Å². The molecular formula is C14H20N2O3S. The van der Waals surface area contributed by atoms with Gasteiger partial charge in [0.25, 0.3) is 0 Å². The summed E-state index contributed by atoms with van der Waals surface area (Å²) in [6.45, 7) is 3.16. The Labute approximate surface area is 120 Å². The van der Waals surface area contributed by atoms with Gasteiger partial charge in [-0.05, 0) is 31.0 Å². The quantitative estimate of drug-likeness (QED) is 0.855. The Balaban J connectivity index is 2.45. The normalized spacial score (nSPS) is 16.9. The summed E-state index contributed by atoms with van der Waals surface area (Å²) in [6, 6.07) is 5.03. The molecule has 1 aliphatic heterocycles. The highest BCUT2D eigenvalue weighted by atomic mass is 32.2. The van der Waals surface area contributed by atoms with Gasteiger partial charge in [0.1, 0.15) is 10.6 Å². The monoisotopic (exact) mass is 296 g/mol. The molecule has 0 fully saturated rings. The van der Waals surface area contributed by atoms with E-state index in [0.29, 0.717) is 25.4 Å². The molecule has 0 saturated heterocycles. The van der Waals surface area contributed by atoms with E-state index in [1.165, 1.54) is 11.4 Å². The fourth-order valence-electron chi connectivity index (χ4n) is 2.27. The number of nitrogens with zero attached hydrogens (tertiary/aromatic N) is 1. The average Bonchev–Trinajstić information content (AvgIpc) is 2.46. The molecule has 0 bridgehead atoms. The Morgan fingerprint density at radius 2 is 2.15 bits per heavy atom. The molecule has 5 nitrogen and oxygen atoms in total. The second-order valence-corrected chi connectivity index (χ2v) is 6.77. The maximum atomic E-state index is 12.8.